The summed E-state index contributed by atoms with van der Waals surface area (Å²) in [6, 6.07) is 0. The van der Waals surface area contributed by atoms with Gasteiger partial charge in [0.05, 0.1) is 0 Å². The van der Waals surface area contributed by atoms with Crippen molar-refractivity contribution in [3.63, 3.8) is 0 Å². The van der Waals surface area contributed by atoms with E-state index >= 15 is 0 Å². The van der Waals surface area contributed by atoms with E-state index in [1.165, 1.54) is 0 Å². The van der Waals surface area contributed by atoms with Crippen molar-refractivity contribution in [3.8, 4) is 0 Å². The van der Waals surface area contributed by atoms with E-state index < -0.39 is 57.0 Å². The first-order chi connectivity index (χ1) is 23.1. The lowest BCUT2D eigenvalue weighted by Gasteiger charge is -2.51. The van der Waals surface area contributed by atoms with E-state index in [-0.39, 0.29) is 15.5 Å². The zero-order chi connectivity index (χ0) is 39.1. The Bertz CT molecular complexity index is 771. The normalized spacial score (nSPS) is 17.2. The molecule has 0 N–H and O–H groups in total. The van der Waals surface area contributed by atoms with Crippen LogP contribution in [0.2, 0.25) is 54.8 Å². The Morgan fingerprint density at radius 3 is 0.620 bits per heavy atom. The summed E-state index contributed by atoms with van der Waals surface area (Å²) in [5.41, 5.74) is -1.34. The van der Waals surface area contributed by atoms with E-state index in [0.29, 0.717) is 69.7 Å². The number of hydrogen-bond donors (Lipinski definition) is 0. The van der Waals surface area contributed by atoms with Crippen molar-refractivity contribution in [1.82, 2.24) is 0 Å². The predicted molar refractivity (Wildman–Crippen MR) is 219 cm³/mol. The molecule has 0 aliphatic heterocycles. The molecule has 0 amide bonds. The third kappa shape index (κ3) is 13.7. The highest BCUT2D eigenvalue weighted by atomic mass is 28.4. The van der Waals surface area contributed by atoms with Gasteiger partial charge in [-0.15, -0.1) is 0 Å². The fraction of sp³-hybridized carbons (Fsp3) is 1.00. The quantitative estimate of drug-likeness (QED) is 0.0578. The molecule has 0 aromatic rings. The van der Waals surface area contributed by atoms with Gasteiger partial charge in [-0.05, 0) is 102 Å². The molecule has 0 aromatic carbocycles. The van der Waals surface area contributed by atoms with Crippen LogP contribution in [0.15, 0.2) is 0 Å². The van der Waals surface area contributed by atoms with Gasteiger partial charge in [-0.25, -0.2) is 0 Å². The average molecular weight is 840 g/mol. The Hall–Kier alpha value is 1.04. The summed E-state index contributed by atoms with van der Waals surface area (Å²) in [6.07, 6.45) is 0. The third-order valence-electron chi connectivity index (χ3n) is 9.17. The molecule has 0 bridgehead atoms. The van der Waals surface area contributed by atoms with Crippen LogP contribution < -0.4 is 0 Å². The average Bonchev–Trinajstić information content (AvgIpc) is 2.99. The van der Waals surface area contributed by atoms with Crippen molar-refractivity contribution in [1.29, 1.82) is 0 Å². The standard InChI is InChI=1S/C31H78O12Si7/c1-19-32-48(33-20-2,34-21-3)28(10)45(13,14)41-31(44,42-46(15,16)29(11)49(35-22-4,36-23-5)37-24-6)43-47(17,18)30(12)50(38-25-7,39-26-8)40-27-9/h28-30H,19-27H2,1-18,44H3. The Labute approximate surface area is 316 Å². The molecular formula is C31H78O12Si7. The van der Waals surface area contributed by atoms with Crippen molar-refractivity contribution in [3.05, 3.63) is 0 Å². The van der Waals surface area contributed by atoms with Crippen LogP contribution in [0.25, 0.3) is 0 Å². The second-order valence-electron chi connectivity index (χ2n) is 13.9. The minimum Gasteiger partial charge on any atom is -0.375 e. The molecule has 12 nitrogen and oxygen atoms in total. The Kier molecular flexibility index (Phi) is 23.0. The predicted octanol–water partition coefficient (Wildman–Crippen LogP) is 6.56. The van der Waals surface area contributed by atoms with E-state index in [0.717, 1.165) is 0 Å². The first kappa shape index (κ1) is 51.0. The van der Waals surface area contributed by atoms with E-state index in [9.17, 15) is 0 Å². The van der Waals surface area contributed by atoms with Crippen LogP contribution in [0.4, 0.5) is 0 Å². The fourth-order valence-electron chi connectivity index (χ4n) is 6.35. The largest absolute Gasteiger partial charge is 0.503 e. The molecule has 0 aromatic heterocycles. The van der Waals surface area contributed by atoms with Crippen molar-refractivity contribution < 1.29 is 53.1 Å². The van der Waals surface area contributed by atoms with Crippen molar-refractivity contribution in [2.24, 2.45) is 0 Å². The summed E-state index contributed by atoms with van der Waals surface area (Å²) >= 11 is 0. The fourth-order valence-corrected chi connectivity index (χ4v) is 34.6. The van der Waals surface area contributed by atoms with Crippen LogP contribution in [-0.4, -0.2) is 127 Å². The molecule has 0 saturated carbocycles. The molecular weight excluding hydrogens is 761 g/mol. The molecule has 0 heterocycles. The highest BCUT2D eigenvalue weighted by molar-refractivity contribution is 6.90. The summed E-state index contributed by atoms with van der Waals surface area (Å²) in [5, 5.41) is -0.397. The second-order valence-corrected chi connectivity index (χ2v) is 38.5. The van der Waals surface area contributed by atoms with Crippen LogP contribution in [0.1, 0.15) is 83.1 Å². The zero-order valence-corrected chi connectivity index (χ0v) is 43.5. The molecule has 3 unspecified atom stereocenters. The molecule has 0 radical (unpaired) electrons. The van der Waals surface area contributed by atoms with Crippen LogP contribution >= 0.6 is 0 Å². The van der Waals surface area contributed by atoms with Gasteiger partial charge in [-0.1, -0.05) is 20.8 Å². The maximum Gasteiger partial charge on any atom is 0.503 e. The van der Waals surface area contributed by atoms with Gasteiger partial charge in [0.2, 0.25) is 5.60 Å². The van der Waals surface area contributed by atoms with Crippen molar-refractivity contribution in [2.75, 3.05) is 59.5 Å². The van der Waals surface area contributed by atoms with Crippen LogP contribution in [0.5, 0.6) is 0 Å². The smallest absolute Gasteiger partial charge is 0.375 e. The molecule has 3 atom stereocenters. The summed E-state index contributed by atoms with van der Waals surface area (Å²) < 4.78 is 79.9. The first-order valence-corrected chi connectivity index (χ1v) is 34.4. The third-order valence-corrected chi connectivity index (χ3v) is 38.8. The molecule has 0 fully saturated rings. The van der Waals surface area contributed by atoms with E-state index in [1.807, 2.05) is 62.3 Å². The molecule has 0 aliphatic rings. The highest BCUT2D eigenvalue weighted by Gasteiger charge is 2.62. The first-order valence-electron chi connectivity index (χ1n) is 19.0. The van der Waals surface area contributed by atoms with Crippen LogP contribution in [0, 0.1) is 0 Å². The summed E-state index contributed by atoms with van der Waals surface area (Å²) in [5.74, 6) is 0. The molecule has 0 aliphatic carbocycles. The van der Waals surface area contributed by atoms with Gasteiger partial charge in [0.1, 0.15) is 10.2 Å². The minimum absolute atomic E-state index is 0.132. The molecule has 0 spiro atoms. The van der Waals surface area contributed by atoms with Gasteiger partial charge >= 0.3 is 26.4 Å². The van der Waals surface area contributed by atoms with Gasteiger partial charge in [0.25, 0.3) is 0 Å². The second kappa shape index (κ2) is 22.6. The molecule has 0 rings (SSSR count). The van der Waals surface area contributed by atoms with Crippen molar-refractivity contribution >= 4 is 61.6 Å². The lowest BCUT2D eigenvalue weighted by Crippen LogP contribution is -2.67. The van der Waals surface area contributed by atoms with Gasteiger partial charge in [0.15, 0.2) is 25.0 Å². The number of hydrogen-bond acceptors (Lipinski definition) is 12. The summed E-state index contributed by atoms with van der Waals surface area (Å²) in [4.78, 5) is 0. The van der Waals surface area contributed by atoms with Crippen LogP contribution in [0.3, 0.4) is 0 Å². The Morgan fingerprint density at radius 2 is 0.500 bits per heavy atom. The molecule has 50 heavy (non-hydrogen) atoms. The topological polar surface area (TPSA) is 111 Å². The lowest BCUT2D eigenvalue weighted by atomic mass is 10.9. The molecule has 0 saturated heterocycles. The maximum absolute atomic E-state index is 7.40. The summed E-state index contributed by atoms with van der Waals surface area (Å²) in [7, 11) is -17.5. The number of rotatable bonds is 30. The SMILES string of the molecule is CCO[Si](OCC)(OCC)C(C)[Si](C)(C)OC([SiH3])(O[Si](C)(C)C(C)[Si](OCC)(OCC)OCC)O[Si](C)(C)C(C)[Si](OCC)(OCC)OCC. The van der Waals surface area contributed by atoms with E-state index in [4.69, 9.17) is 53.1 Å². The highest BCUT2D eigenvalue weighted by Crippen LogP contribution is 2.44. The monoisotopic (exact) mass is 838 g/mol. The Balaban J connectivity index is 7.43. The van der Waals surface area contributed by atoms with E-state index in [2.05, 4.69) is 60.1 Å². The Morgan fingerprint density at radius 1 is 0.360 bits per heavy atom. The van der Waals surface area contributed by atoms with Gasteiger partial charge < -0.3 is 53.1 Å². The lowest BCUT2D eigenvalue weighted by molar-refractivity contribution is -0.204. The maximum atomic E-state index is 7.40. The summed E-state index contributed by atoms with van der Waals surface area (Å²) in [6.45, 7) is 41.7. The minimum atomic E-state index is -3.16. The molecule has 19 heteroatoms. The van der Waals surface area contributed by atoms with Gasteiger partial charge in [-0.3, -0.25) is 0 Å². The van der Waals surface area contributed by atoms with Crippen molar-refractivity contribution in [2.45, 2.75) is 143 Å². The van der Waals surface area contributed by atoms with E-state index in [1.54, 1.807) is 0 Å². The van der Waals surface area contributed by atoms with Gasteiger partial charge in [-0.2, -0.15) is 0 Å². The molecule has 302 valence electrons. The van der Waals surface area contributed by atoms with Gasteiger partial charge in [0, 0.05) is 75.0 Å². The van der Waals surface area contributed by atoms with Crippen LogP contribution in [-0.2, 0) is 53.1 Å². The zero-order valence-electron chi connectivity index (χ0n) is 35.5.